The van der Waals surface area contributed by atoms with Crippen molar-refractivity contribution in [3.8, 4) is 0 Å². The molecular weight excluding hydrogens is 368 g/mol. The van der Waals surface area contributed by atoms with Gasteiger partial charge in [0.15, 0.2) is 15.9 Å². The van der Waals surface area contributed by atoms with Gasteiger partial charge in [0.2, 0.25) is 0 Å². The van der Waals surface area contributed by atoms with E-state index in [9.17, 15) is 4.79 Å². The highest BCUT2D eigenvalue weighted by Crippen LogP contribution is 2.15. The van der Waals surface area contributed by atoms with Gasteiger partial charge in [-0.2, -0.15) is 0 Å². The summed E-state index contributed by atoms with van der Waals surface area (Å²) in [7, 11) is 0. The molecule has 136 valence electrons. The smallest absolute Gasteiger partial charge is 0.279 e. The molecule has 0 atom stereocenters. The van der Waals surface area contributed by atoms with E-state index < -0.39 is 0 Å². The van der Waals surface area contributed by atoms with E-state index in [1.54, 1.807) is 0 Å². The molecule has 0 amide bonds. The summed E-state index contributed by atoms with van der Waals surface area (Å²) >= 11 is 5.05. The molecule has 0 aliphatic carbocycles. The SMILES string of the molecule is O=c1[nH]c(=S)[nH]c2nc(/C=C/c3ccccc3)c(/C=C/c3ccccc3)nc12. The molecule has 2 heterocycles. The summed E-state index contributed by atoms with van der Waals surface area (Å²) in [4.78, 5) is 26.8. The number of fused-ring (bicyclic) bond motifs is 1. The van der Waals surface area contributed by atoms with Gasteiger partial charge in [-0.15, -0.1) is 0 Å². The van der Waals surface area contributed by atoms with E-state index in [1.165, 1.54) is 0 Å². The summed E-state index contributed by atoms with van der Waals surface area (Å²) in [5.74, 6) is 0. The predicted molar refractivity (Wildman–Crippen MR) is 116 cm³/mol. The van der Waals surface area contributed by atoms with Gasteiger partial charge in [0, 0.05) is 0 Å². The van der Waals surface area contributed by atoms with Crippen LogP contribution in [0.2, 0.25) is 0 Å². The minimum atomic E-state index is -0.362. The number of H-pyrrole nitrogens is 2. The van der Waals surface area contributed by atoms with Crippen LogP contribution in [0, 0.1) is 4.77 Å². The van der Waals surface area contributed by atoms with Crippen LogP contribution in [0.5, 0.6) is 0 Å². The Hall–Kier alpha value is -3.64. The lowest BCUT2D eigenvalue weighted by Gasteiger charge is -2.03. The van der Waals surface area contributed by atoms with Crippen LogP contribution in [0.4, 0.5) is 0 Å². The van der Waals surface area contributed by atoms with Crippen LogP contribution in [-0.4, -0.2) is 19.9 Å². The molecule has 0 aliphatic heterocycles. The zero-order valence-corrected chi connectivity index (χ0v) is 15.6. The van der Waals surface area contributed by atoms with E-state index >= 15 is 0 Å². The Kier molecular flexibility index (Phi) is 5.03. The third-order valence-electron chi connectivity index (χ3n) is 4.09. The molecule has 5 nitrogen and oxygen atoms in total. The molecular formula is C22H16N4OS. The van der Waals surface area contributed by atoms with Gasteiger partial charge in [0.05, 0.1) is 11.4 Å². The number of aromatic amines is 2. The monoisotopic (exact) mass is 384 g/mol. The van der Waals surface area contributed by atoms with E-state index in [0.717, 1.165) is 11.1 Å². The first-order chi connectivity index (χ1) is 13.7. The van der Waals surface area contributed by atoms with Gasteiger partial charge in [-0.05, 0) is 35.5 Å². The zero-order chi connectivity index (χ0) is 19.3. The Morgan fingerprint density at radius 3 is 1.82 bits per heavy atom. The van der Waals surface area contributed by atoms with Gasteiger partial charge in [-0.3, -0.25) is 9.78 Å². The number of nitrogens with one attached hydrogen (secondary N) is 2. The van der Waals surface area contributed by atoms with Gasteiger partial charge < -0.3 is 4.98 Å². The standard InChI is InChI=1S/C22H16N4OS/c27-21-19-20(25-22(28)26-21)24-18(14-12-16-9-5-2-6-10-16)17(23-19)13-11-15-7-3-1-4-8-15/h1-14H,(H2,24,25,26,27,28)/b13-11+,14-12+. The van der Waals surface area contributed by atoms with Gasteiger partial charge in [-0.25, -0.2) is 9.97 Å². The van der Waals surface area contributed by atoms with Crippen LogP contribution in [0.3, 0.4) is 0 Å². The second-order valence-corrected chi connectivity index (χ2v) is 6.50. The molecule has 0 aliphatic rings. The minimum Gasteiger partial charge on any atom is -0.315 e. The van der Waals surface area contributed by atoms with Crippen LogP contribution >= 0.6 is 12.2 Å². The quantitative estimate of drug-likeness (QED) is 0.500. The molecule has 4 rings (SSSR count). The molecule has 0 fully saturated rings. The highest BCUT2D eigenvalue weighted by atomic mass is 32.1. The topological polar surface area (TPSA) is 74.4 Å². The van der Waals surface area contributed by atoms with E-state index in [0.29, 0.717) is 17.0 Å². The fourth-order valence-electron chi connectivity index (χ4n) is 2.73. The molecule has 0 unspecified atom stereocenters. The Morgan fingerprint density at radius 2 is 1.25 bits per heavy atom. The van der Waals surface area contributed by atoms with Crippen LogP contribution in [0.1, 0.15) is 22.5 Å². The highest BCUT2D eigenvalue weighted by molar-refractivity contribution is 7.71. The second kappa shape index (κ2) is 7.94. The molecule has 0 radical (unpaired) electrons. The predicted octanol–water partition coefficient (Wildman–Crippen LogP) is 4.72. The van der Waals surface area contributed by atoms with Crippen LogP contribution < -0.4 is 5.56 Å². The maximum Gasteiger partial charge on any atom is 0.279 e. The first kappa shape index (κ1) is 17.8. The van der Waals surface area contributed by atoms with Crippen molar-refractivity contribution >= 4 is 47.7 Å². The van der Waals surface area contributed by atoms with Crippen molar-refractivity contribution in [1.29, 1.82) is 0 Å². The Balaban J connectivity index is 1.84. The van der Waals surface area contributed by atoms with E-state index in [1.807, 2.05) is 85.0 Å². The van der Waals surface area contributed by atoms with E-state index in [2.05, 4.69) is 19.9 Å². The first-order valence-corrected chi connectivity index (χ1v) is 9.10. The maximum absolute atomic E-state index is 12.2. The van der Waals surface area contributed by atoms with Gasteiger partial charge in [-0.1, -0.05) is 72.8 Å². The van der Waals surface area contributed by atoms with Crippen molar-refractivity contribution in [3.63, 3.8) is 0 Å². The van der Waals surface area contributed by atoms with Gasteiger partial charge in [0.1, 0.15) is 0 Å². The van der Waals surface area contributed by atoms with Crippen molar-refractivity contribution in [2.45, 2.75) is 0 Å². The normalized spacial score (nSPS) is 11.6. The molecule has 0 saturated heterocycles. The minimum absolute atomic E-state index is 0.220. The Morgan fingerprint density at radius 1 is 0.714 bits per heavy atom. The summed E-state index contributed by atoms with van der Waals surface area (Å²) in [6.07, 6.45) is 7.63. The highest BCUT2D eigenvalue weighted by Gasteiger charge is 2.08. The lowest BCUT2D eigenvalue weighted by atomic mass is 10.1. The molecule has 2 aromatic heterocycles. The average Bonchev–Trinajstić information content (AvgIpc) is 2.72. The van der Waals surface area contributed by atoms with E-state index in [-0.39, 0.29) is 15.8 Å². The average molecular weight is 384 g/mol. The van der Waals surface area contributed by atoms with Crippen molar-refractivity contribution in [2.24, 2.45) is 0 Å². The third kappa shape index (κ3) is 4.02. The number of nitrogens with zero attached hydrogens (tertiary/aromatic N) is 2. The molecule has 0 spiro atoms. The van der Waals surface area contributed by atoms with Crippen LogP contribution in [0.25, 0.3) is 35.5 Å². The molecule has 2 N–H and O–H groups in total. The summed E-state index contributed by atoms with van der Waals surface area (Å²) in [6, 6.07) is 19.8. The number of benzene rings is 2. The third-order valence-corrected chi connectivity index (χ3v) is 4.30. The summed E-state index contributed by atoms with van der Waals surface area (Å²) in [5, 5.41) is 0. The number of aromatic nitrogens is 4. The summed E-state index contributed by atoms with van der Waals surface area (Å²) in [6.45, 7) is 0. The first-order valence-electron chi connectivity index (χ1n) is 8.70. The Labute approximate surface area is 166 Å². The van der Waals surface area contributed by atoms with Gasteiger partial charge in [0.25, 0.3) is 5.56 Å². The molecule has 4 aromatic rings. The Bertz CT molecular complexity index is 1290. The van der Waals surface area contributed by atoms with Crippen molar-refractivity contribution < 1.29 is 0 Å². The lowest BCUT2D eigenvalue weighted by molar-refractivity contribution is 1.08. The van der Waals surface area contributed by atoms with Crippen molar-refractivity contribution in [3.05, 3.63) is 98.3 Å². The molecule has 0 bridgehead atoms. The van der Waals surface area contributed by atoms with Crippen LogP contribution in [0.15, 0.2) is 65.5 Å². The summed E-state index contributed by atoms with van der Waals surface area (Å²) in [5.41, 5.74) is 3.53. The fourth-order valence-corrected chi connectivity index (χ4v) is 2.92. The maximum atomic E-state index is 12.2. The number of rotatable bonds is 4. The molecule has 6 heteroatoms. The largest absolute Gasteiger partial charge is 0.315 e. The van der Waals surface area contributed by atoms with E-state index in [4.69, 9.17) is 12.2 Å². The fraction of sp³-hybridized carbons (Fsp3) is 0. The van der Waals surface area contributed by atoms with Crippen molar-refractivity contribution in [1.82, 2.24) is 19.9 Å². The molecule has 0 saturated carbocycles. The molecule has 2 aromatic carbocycles. The number of hydrogen-bond donors (Lipinski definition) is 2. The van der Waals surface area contributed by atoms with Gasteiger partial charge >= 0.3 is 0 Å². The lowest BCUT2D eigenvalue weighted by Crippen LogP contribution is -2.12. The summed E-state index contributed by atoms with van der Waals surface area (Å²) < 4.78 is 0.220. The molecule has 28 heavy (non-hydrogen) atoms. The zero-order valence-electron chi connectivity index (χ0n) is 14.8. The van der Waals surface area contributed by atoms with Crippen LogP contribution in [-0.2, 0) is 0 Å². The van der Waals surface area contributed by atoms with Crippen molar-refractivity contribution in [2.75, 3.05) is 0 Å². The second-order valence-electron chi connectivity index (χ2n) is 6.09. The number of hydrogen-bond acceptors (Lipinski definition) is 4.